The first-order chi connectivity index (χ1) is 13.9. The highest BCUT2D eigenvalue weighted by Crippen LogP contribution is 2.30. The van der Waals surface area contributed by atoms with Gasteiger partial charge in [0, 0.05) is 25.2 Å². The fourth-order valence-electron chi connectivity index (χ4n) is 3.17. The van der Waals surface area contributed by atoms with Crippen molar-refractivity contribution in [3.05, 3.63) is 96.1 Å². The fourth-order valence-corrected chi connectivity index (χ4v) is 4.80. The van der Waals surface area contributed by atoms with Gasteiger partial charge < -0.3 is 5.32 Å². The molecule has 0 saturated heterocycles. The maximum atomic E-state index is 13.5. The zero-order chi connectivity index (χ0) is 20.9. The molecule has 29 heavy (non-hydrogen) atoms. The molecule has 0 aliphatic rings. The zero-order valence-corrected chi connectivity index (χ0v) is 17.3. The van der Waals surface area contributed by atoms with Crippen molar-refractivity contribution < 1.29 is 13.2 Å². The van der Waals surface area contributed by atoms with E-state index < -0.39 is 16.1 Å². The molecule has 1 atom stereocenters. The van der Waals surface area contributed by atoms with E-state index in [0.29, 0.717) is 5.69 Å². The minimum Gasteiger partial charge on any atom is -0.326 e. The molecule has 0 bridgehead atoms. The molecule has 0 radical (unpaired) electrons. The molecule has 0 spiro atoms. The van der Waals surface area contributed by atoms with Gasteiger partial charge in [-0.05, 0) is 42.3 Å². The van der Waals surface area contributed by atoms with Gasteiger partial charge in [0.1, 0.15) is 0 Å². The fraction of sp³-hybridized carbons (Fsp3) is 0.174. The maximum absolute atomic E-state index is 13.5. The number of anilines is 1. The quantitative estimate of drug-likeness (QED) is 0.621. The highest BCUT2D eigenvalue weighted by Gasteiger charge is 2.30. The Morgan fingerprint density at radius 2 is 1.55 bits per heavy atom. The number of carbonyl (C=O) groups excluding carboxylic acids is 1. The van der Waals surface area contributed by atoms with Crippen LogP contribution in [-0.4, -0.2) is 18.6 Å². The van der Waals surface area contributed by atoms with Crippen molar-refractivity contribution >= 4 is 21.6 Å². The van der Waals surface area contributed by atoms with E-state index in [2.05, 4.69) is 5.32 Å². The predicted octanol–water partition coefficient (Wildman–Crippen LogP) is 4.60. The summed E-state index contributed by atoms with van der Waals surface area (Å²) in [6.07, 6.45) is 0. The van der Waals surface area contributed by atoms with Crippen molar-refractivity contribution in [1.82, 2.24) is 4.31 Å². The second-order valence-corrected chi connectivity index (χ2v) is 8.72. The molecule has 6 heteroatoms. The zero-order valence-electron chi connectivity index (χ0n) is 16.4. The second kappa shape index (κ2) is 9.03. The van der Waals surface area contributed by atoms with Gasteiger partial charge in [0.15, 0.2) is 0 Å². The predicted molar refractivity (Wildman–Crippen MR) is 115 cm³/mol. The molecule has 3 aromatic carbocycles. The van der Waals surface area contributed by atoms with E-state index in [-0.39, 0.29) is 17.3 Å². The lowest BCUT2D eigenvalue weighted by molar-refractivity contribution is -0.114. The van der Waals surface area contributed by atoms with Crippen LogP contribution in [-0.2, 0) is 21.4 Å². The average molecular weight is 409 g/mol. The van der Waals surface area contributed by atoms with Crippen molar-refractivity contribution in [1.29, 1.82) is 0 Å². The van der Waals surface area contributed by atoms with Crippen LogP contribution in [0, 0.1) is 0 Å². The molecular formula is C23H24N2O3S. The lowest BCUT2D eigenvalue weighted by Crippen LogP contribution is -2.33. The van der Waals surface area contributed by atoms with Crippen LogP contribution >= 0.6 is 0 Å². The van der Waals surface area contributed by atoms with Gasteiger partial charge in [-0.25, -0.2) is 8.42 Å². The van der Waals surface area contributed by atoms with Crippen LogP contribution in [0.2, 0.25) is 0 Å². The highest BCUT2D eigenvalue weighted by atomic mass is 32.2. The molecule has 0 aliphatic carbocycles. The van der Waals surface area contributed by atoms with Gasteiger partial charge in [-0.15, -0.1) is 0 Å². The lowest BCUT2D eigenvalue weighted by Gasteiger charge is -2.29. The molecule has 0 aromatic heterocycles. The molecule has 1 N–H and O–H groups in total. The molecule has 150 valence electrons. The van der Waals surface area contributed by atoms with Crippen LogP contribution < -0.4 is 5.32 Å². The summed E-state index contributed by atoms with van der Waals surface area (Å²) in [4.78, 5) is 11.6. The van der Waals surface area contributed by atoms with Crippen molar-refractivity contribution in [2.45, 2.75) is 31.3 Å². The van der Waals surface area contributed by atoms with Crippen molar-refractivity contribution in [3.8, 4) is 0 Å². The summed E-state index contributed by atoms with van der Waals surface area (Å²) in [5.74, 6) is -0.173. The summed E-state index contributed by atoms with van der Waals surface area (Å²) < 4.78 is 28.4. The molecule has 0 heterocycles. The third-order valence-corrected chi connectivity index (χ3v) is 6.58. The number of nitrogens with zero attached hydrogens (tertiary/aromatic N) is 1. The van der Waals surface area contributed by atoms with Crippen molar-refractivity contribution in [2.75, 3.05) is 5.32 Å². The Labute approximate surface area is 172 Å². The molecular weight excluding hydrogens is 384 g/mol. The third kappa shape index (κ3) is 5.10. The number of amides is 1. The molecule has 3 aromatic rings. The molecule has 0 aliphatic heterocycles. The average Bonchev–Trinajstić information content (AvgIpc) is 2.72. The van der Waals surface area contributed by atoms with Crippen LogP contribution in [0.15, 0.2) is 89.8 Å². The van der Waals surface area contributed by atoms with E-state index in [4.69, 9.17) is 0 Å². The van der Waals surface area contributed by atoms with Gasteiger partial charge in [-0.2, -0.15) is 4.31 Å². The Morgan fingerprint density at radius 3 is 2.17 bits per heavy atom. The van der Waals surface area contributed by atoms with E-state index in [1.165, 1.54) is 11.2 Å². The number of carbonyl (C=O) groups is 1. The molecule has 3 rings (SSSR count). The molecule has 1 amide bonds. The van der Waals surface area contributed by atoms with Gasteiger partial charge in [0.05, 0.1) is 4.90 Å². The Hall–Kier alpha value is -2.96. The van der Waals surface area contributed by atoms with Crippen LogP contribution in [0.3, 0.4) is 0 Å². The van der Waals surface area contributed by atoms with Crippen LogP contribution in [0.4, 0.5) is 5.69 Å². The maximum Gasteiger partial charge on any atom is 0.243 e. The van der Waals surface area contributed by atoms with Crippen molar-refractivity contribution in [2.24, 2.45) is 0 Å². The topological polar surface area (TPSA) is 66.5 Å². The number of sulfonamides is 1. The van der Waals surface area contributed by atoms with Crippen LogP contribution in [0.5, 0.6) is 0 Å². The van der Waals surface area contributed by atoms with E-state index >= 15 is 0 Å². The smallest absolute Gasteiger partial charge is 0.243 e. The number of rotatable bonds is 7. The minimum atomic E-state index is -3.74. The number of hydrogen-bond acceptors (Lipinski definition) is 3. The first-order valence-corrected chi connectivity index (χ1v) is 10.8. The Bertz CT molecular complexity index is 1070. The lowest BCUT2D eigenvalue weighted by atomic mass is 10.1. The monoisotopic (exact) mass is 408 g/mol. The number of benzene rings is 3. The van der Waals surface area contributed by atoms with E-state index in [0.717, 1.165) is 11.1 Å². The Balaban J connectivity index is 2.02. The Kier molecular flexibility index (Phi) is 6.46. The SMILES string of the molecule is CC(=O)Nc1cccc([C@H](C)N(Cc2ccccc2)S(=O)(=O)c2ccccc2)c1. The largest absolute Gasteiger partial charge is 0.326 e. The number of hydrogen-bond donors (Lipinski definition) is 1. The minimum absolute atomic E-state index is 0.173. The third-order valence-electron chi connectivity index (χ3n) is 4.65. The second-order valence-electron chi connectivity index (χ2n) is 6.83. The molecule has 0 saturated carbocycles. The standard InChI is InChI=1S/C23H24N2O3S/c1-18(21-12-9-13-22(16-21)24-19(2)26)25(17-20-10-5-3-6-11-20)29(27,28)23-14-7-4-8-15-23/h3-16,18H,17H2,1-2H3,(H,24,26)/t18-/m0/s1. The van der Waals surface area contributed by atoms with Gasteiger partial charge >= 0.3 is 0 Å². The van der Waals surface area contributed by atoms with E-state index in [1.54, 1.807) is 36.4 Å². The first-order valence-electron chi connectivity index (χ1n) is 9.36. The highest BCUT2D eigenvalue weighted by molar-refractivity contribution is 7.89. The van der Waals surface area contributed by atoms with Gasteiger partial charge in [-0.1, -0.05) is 60.7 Å². The normalized spacial score (nSPS) is 12.5. The van der Waals surface area contributed by atoms with Gasteiger partial charge in [0.2, 0.25) is 15.9 Å². The van der Waals surface area contributed by atoms with E-state index in [9.17, 15) is 13.2 Å². The number of nitrogens with one attached hydrogen (secondary N) is 1. The molecule has 5 nitrogen and oxygen atoms in total. The van der Waals surface area contributed by atoms with Gasteiger partial charge in [-0.3, -0.25) is 4.79 Å². The first kappa shape index (κ1) is 20.8. The summed E-state index contributed by atoms with van der Waals surface area (Å²) in [5, 5.41) is 2.75. The van der Waals surface area contributed by atoms with Crippen molar-refractivity contribution in [3.63, 3.8) is 0 Å². The Morgan fingerprint density at radius 1 is 0.931 bits per heavy atom. The van der Waals surface area contributed by atoms with E-state index in [1.807, 2.05) is 55.5 Å². The summed E-state index contributed by atoms with van der Waals surface area (Å²) in [5.41, 5.74) is 2.34. The summed E-state index contributed by atoms with van der Waals surface area (Å²) in [7, 11) is -3.74. The van der Waals surface area contributed by atoms with Crippen LogP contribution in [0.25, 0.3) is 0 Å². The summed E-state index contributed by atoms with van der Waals surface area (Å²) >= 11 is 0. The summed E-state index contributed by atoms with van der Waals surface area (Å²) in [6.45, 7) is 3.54. The van der Waals surface area contributed by atoms with Crippen LogP contribution in [0.1, 0.15) is 31.0 Å². The summed E-state index contributed by atoms with van der Waals surface area (Å²) in [6, 6.07) is 24.8. The molecule has 0 unspecified atom stereocenters. The molecule has 0 fully saturated rings. The van der Waals surface area contributed by atoms with Gasteiger partial charge in [0.25, 0.3) is 0 Å².